The van der Waals surface area contributed by atoms with Crippen molar-refractivity contribution in [2.75, 3.05) is 0 Å². The molecule has 3 nitrogen and oxygen atoms in total. The monoisotopic (exact) mass is 287 g/mol. The number of nitrogens with one attached hydrogen (secondary N) is 1. The van der Waals surface area contributed by atoms with Crippen LogP contribution in [0.3, 0.4) is 0 Å². The lowest BCUT2D eigenvalue weighted by Gasteiger charge is -2.09. The Morgan fingerprint density at radius 3 is 2.71 bits per heavy atom. The number of hydrogen-bond acceptors (Lipinski definition) is 3. The average Bonchev–Trinajstić information content (AvgIpc) is 3.28. The maximum Gasteiger partial charge on any atom is 0.165 e. The lowest BCUT2D eigenvalue weighted by atomic mass is 10.2. The van der Waals surface area contributed by atoms with Crippen LogP contribution in [0.2, 0.25) is 0 Å². The minimum absolute atomic E-state index is 0.179. The molecule has 1 fully saturated rings. The van der Waals surface area contributed by atoms with Gasteiger partial charge in [0.2, 0.25) is 0 Å². The first kappa shape index (κ1) is 13.9. The highest BCUT2D eigenvalue weighted by atomic mass is 19.1. The Hall–Kier alpha value is -2.07. The van der Waals surface area contributed by atoms with Gasteiger partial charge in [0, 0.05) is 12.6 Å². The molecule has 21 heavy (non-hydrogen) atoms. The van der Waals surface area contributed by atoms with E-state index in [1.54, 1.807) is 24.3 Å². The smallest absolute Gasteiger partial charge is 0.165 e. The number of rotatable bonds is 6. The fraction of sp³-hybridized carbons (Fsp3) is 0.294. The van der Waals surface area contributed by atoms with Crippen molar-refractivity contribution in [3.63, 3.8) is 0 Å². The molecule has 0 aromatic heterocycles. The zero-order chi connectivity index (χ0) is 14.7. The van der Waals surface area contributed by atoms with Crippen molar-refractivity contribution in [3.8, 4) is 11.5 Å². The summed E-state index contributed by atoms with van der Waals surface area (Å²) in [5, 5.41) is 12.7. The number of benzene rings is 2. The van der Waals surface area contributed by atoms with Crippen molar-refractivity contribution in [2.24, 2.45) is 0 Å². The van der Waals surface area contributed by atoms with Crippen molar-refractivity contribution in [2.45, 2.75) is 32.0 Å². The van der Waals surface area contributed by atoms with Crippen LogP contribution in [0, 0.1) is 5.82 Å². The van der Waals surface area contributed by atoms with Crippen molar-refractivity contribution in [1.82, 2.24) is 5.32 Å². The van der Waals surface area contributed by atoms with Crippen molar-refractivity contribution in [3.05, 3.63) is 59.4 Å². The van der Waals surface area contributed by atoms with E-state index in [1.165, 1.54) is 18.9 Å². The van der Waals surface area contributed by atoms with Crippen LogP contribution in [0.25, 0.3) is 0 Å². The third kappa shape index (κ3) is 3.95. The maximum absolute atomic E-state index is 14.0. The molecule has 3 rings (SSSR count). The van der Waals surface area contributed by atoms with Gasteiger partial charge in [0.25, 0.3) is 0 Å². The van der Waals surface area contributed by atoms with Crippen LogP contribution in [0.1, 0.15) is 24.0 Å². The van der Waals surface area contributed by atoms with Gasteiger partial charge in [-0.3, -0.25) is 0 Å². The number of halogens is 1. The molecule has 110 valence electrons. The second-order valence-corrected chi connectivity index (χ2v) is 5.38. The van der Waals surface area contributed by atoms with Gasteiger partial charge in [-0.15, -0.1) is 0 Å². The molecule has 1 saturated carbocycles. The van der Waals surface area contributed by atoms with E-state index in [2.05, 4.69) is 5.32 Å². The van der Waals surface area contributed by atoms with E-state index in [0.717, 1.165) is 11.1 Å². The zero-order valence-electron chi connectivity index (χ0n) is 11.7. The number of aromatic hydroxyl groups is 1. The van der Waals surface area contributed by atoms with Gasteiger partial charge in [-0.2, -0.15) is 0 Å². The standard InChI is InChI=1S/C17H18FNO2/c18-16-9-12(10-19-14-5-6-14)4-7-17(16)21-11-13-2-1-3-15(20)8-13/h1-4,7-9,14,19-20H,5-6,10-11H2. The topological polar surface area (TPSA) is 41.5 Å². The Labute approximate surface area is 123 Å². The van der Waals surface area contributed by atoms with Crippen LogP contribution in [0.4, 0.5) is 4.39 Å². The molecule has 0 heterocycles. The third-order valence-corrected chi connectivity index (χ3v) is 3.47. The number of phenols is 1. The van der Waals surface area contributed by atoms with Crippen molar-refractivity contribution in [1.29, 1.82) is 0 Å². The molecule has 1 aliphatic rings. The summed E-state index contributed by atoms with van der Waals surface area (Å²) in [6.45, 7) is 0.916. The number of hydrogen-bond donors (Lipinski definition) is 2. The maximum atomic E-state index is 14.0. The summed E-state index contributed by atoms with van der Waals surface area (Å²) in [6.07, 6.45) is 2.43. The van der Waals surface area contributed by atoms with Gasteiger partial charge in [0.15, 0.2) is 11.6 Å². The van der Waals surface area contributed by atoms with Crippen LogP contribution >= 0.6 is 0 Å². The Kier molecular flexibility index (Phi) is 4.06. The van der Waals surface area contributed by atoms with E-state index in [0.29, 0.717) is 12.6 Å². The van der Waals surface area contributed by atoms with Crippen molar-refractivity contribution < 1.29 is 14.2 Å². The van der Waals surface area contributed by atoms with E-state index >= 15 is 0 Å². The van der Waals surface area contributed by atoms with Crippen LogP contribution in [-0.4, -0.2) is 11.1 Å². The summed E-state index contributed by atoms with van der Waals surface area (Å²) >= 11 is 0. The molecule has 1 aliphatic carbocycles. The Morgan fingerprint density at radius 2 is 2.00 bits per heavy atom. The van der Waals surface area contributed by atoms with Crippen LogP contribution in [0.5, 0.6) is 11.5 Å². The molecule has 2 aromatic rings. The van der Waals surface area contributed by atoms with Gasteiger partial charge in [0.05, 0.1) is 0 Å². The van der Waals surface area contributed by atoms with E-state index in [-0.39, 0.29) is 23.9 Å². The normalized spacial score (nSPS) is 14.1. The molecule has 0 amide bonds. The van der Waals surface area contributed by atoms with Gasteiger partial charge in [-0.05, 0) is 48.2 Å². The molecular formula is C17H18FNO2. The fourth-order valence-corrected chi connectivity index (χ4v) is 2.13. The highest BCUT2D eigenvalue weighted by Gasteiger charge is 2.20. The number of phenolic OH excluding ortho intramolecular Hbond substituents is 1. The molecule has 2 N–H and O–H groups in total. The molecular weight excluding hydrogens is 269 g/mol. The summed E-state index contributed by atoms with van der Waals surface area (Å²) in [4.78, 5) is 0. The van der Waals surface area contributed by atoms with E-state index in [1.807, 2.05) is 12.1 Å². The molecule has 0 radical (unpaired) electrons. The largest absolute Gasteiger partial charge is 0.508 e. The minimum atomic E-state index is -0.356. The van der Waals surface area contributed by atoms with Crippen LogP contribution in [-0.2, 0) is 13.2 Å². The lowest BCUT2D eigenvalue weighted by molar-refractivity contribution is 0.289. The lowest BCUT2D eigenvalue weighted by Crippen LogP contribution is -2.15. The SMILES string of the molecule is Oc1cccc(COc2ccc(CNC3CC3)cc2F)c1. The predicted molar refractivity (Wildman–Crippen MR) is 78.7 cm³/mol. The molecule has 4 heteroatoms. The quantitative estimate of drug-likeness (QED) is 0.856. The highest BCUT2D eigenvalue weighted by molar-refractivity contribution is 5.31. The second-order valence-electron chi connectivity index (χ2n) is 5.38. The van der Waals surface area contributed by atoms with E-state index < -0.39 is 0 Å². The first-order chi connectivity index (χ1) is 10.2. The first-order valence-corrected chi connectivity index (χ1v) is 7.13. The summed E-state index contributed by atoms with van der Waals surface area (Å²) < 4.78 is 19.4. The zero-order valence-corrected chi connectivity index (χ0v) is 11.7. The number of ether oxygens (including phenoxy) is 1. The Morgan fingerprint density at radius 1 is 1.14 bits per heavy atom. The highest BCUT2D eigenvalue weighted by Crippen LogP contribution is 2.22. The van der Waals surface area contributed by atoms with Gasteiger partial charge in [-0.25, -0.2) is 4.39 Å². The molecule has 0 unspecified atom stereocenters. The Bertz CT molecular complexity index is 626. The van der Waals surface area contributed by atoms with E-state index in [4.69, 9.17) is 4.74 Å². The van der Waals surface area contributed by atoms with Gasteiger partial charge in [0.1, 0.15) is 12.4 Å². The average molecular weight is 287 g/mol. The Balaban J connectivity index is 1.59. The van der Waals surface area contributed by atoms with Gasteiger partial charge < -0.3 is 15.2 Å². The van der Waals surface area contributed by atoms with Crippen molar-refractivity contribution >= 4 is 0 Å². The van der Waals surface area contributed by atoms with Gasteiger partial charge >= 0.3 is 0 Å². The second kappa shape index (κ2) is 6.14. The molecule has 0 atom stereocenters. The van der Waals surface area contributed by atoms with Gasteiger partial charge in [-0.1, -0.05) is 18.2 Å². The fourth-order valence-electron chi connectivity index (χ4n) is 2.13. The van der Waals surface area contributed by atoms with Crippen LogP contribution < -0.4 is 10.1 Å². The third-order valence-electron chi connectivity index (χ3n) is 3.47. The molecule has 0 bridgehead atoms. The predicted octanol–water partition coefficient (Wildman–Crippen LogP) is 3.36. The minimum Gasteiger partial charge on any atom is -0.508 e. The summed E-state index contributed by atoms with van der Waals surface area (Å²) in [5.41, 5.74) is 1.72. The summed E-state index contributed by atoms with van der Waals surface area (Å²) in [7, 11) is 0. The molecule has 0 spiro atoms. The first-order valence-electron chi connectivity index (χ1n) is 7.13. The summed E-state index contributed by atoms with van der Waals surface area (Å²) in [6, 6.07) is 12.4. The van der Waals surface area contributed by atoms with Crippen LogP contribution in [0.15, 0.2) is 42.5 Å². The molecule has 0 aliphatic heterocycles. The van der Waals surface area contributed by atoms with E-state index in [9.17, 15) is 9.50 Å². The molecule has 2 aromatic carbocycles. The molecule has 0 saturated heterocycles. The summed E-state index contributed by atoms with van der Waals surface area (Å²) in [5.74, 6) is 0.0526.